The Hall–Kier alpha value is -3.02. The van der Waals surface area contributed by atoms with Crippen LogP contribution in [0.4, 0.5) is 0 Å². The minimum absolute atomic E-state index is 0.0289. The van der Waals surface area contributed by atoms with Crippen LogP contribution < -0.4 is 14.8 Å². The molecule has 0 saturated carbocycles. The molecule has 1 saturated heterocycles. The van der Waals surface area contributed by atoms with Gasteiger partial charge in [0.25, 0.3) is 0 Å². The van der Waals surface area contributed by atoms with Crippen molar-refractivity contribution in [3.8, 4) is 11.5 Å². The van der Waals surface area contributed by atoms with Crippen molar-refractivity contribution in [1.82, 2.24) is 10.2 Å². The van der Waals surface area contributed by atoms with Crippen molar-refractivity contribution in [3.05, 3.63) is 59.2 Å². The summed E-state index contributed by atoms with van der Waals surface area (Å²) in [6.07, 6.45) is 0.968. The SMILES string of the molecule is COc1ccc(CCN2C[C@H](C(=O)NCc3cccc(C)c3)CC2=O)cc1OC. The lowest BCUT2D eigenvalue weighted by atomic mass is 10.1. The van der Waals surface area contributed by atoms with Crippen LogP contribution in [0.3, 0.4) is 0 Å². The molecule has 154 valence electrons. The summed E-state index contributed by atoms with van der Waals surface area (Å²) in [5, 5.41) is 2.96. The highest BCUT2D eigenvalue weighted by Crippen LogP contribution is 2.28. The molecule has 1 fully saturated rings. The first kappa shape index (κ1) is 20.7. The largest absolute Gasteiger partial charge is 0.493 e. The molecule has 0 aliphatic carbocycles. The van der Waals surface area contributed by atoms with Gasteiger partial charge in [-0.15, -0.1) is 0 Å². The molecule has 2 aromatic rings. The summed E-state index contributed by atoms with van der Waals surface area (Å²) in [5.74, 6) is 1.03. The van der Waals surface area contributed by atoms with E-state index in [1.54, 1.807) is 19.1 Å². The standard InChI is InChI=1S/C23H28N2O4/c1-16-5-4-6-18(11-16)14-24-23(27)19-13-22(26)25(15-19)10-9-17-7-8-20(28-2)21(12-17)29-3/h4-8,11-12,19H,9-10,13-15H2,1-3H3,(H,24,27)/t19-/m1/s1. The summed E-state index contributed by atoms with van der Waals surface area (Å²) in [6.45, 7) is 3.55. The van der Waals surface area contributed by atoms with Crippen LogP contribution in [0.1, 0.15) is 23.1 Å². The number of amides is 2. The second-order valence-electron chi connectivity index (χ2n) is 7.39. The predicted molar refractivity (Wildman–Crippen MR) is 111 cm³/mol. The highest BCUT2D eigenvalue weighted by Gasteiger charge is 2.33. The molecular weight excluding hydrogens is 368 g/mol. The van der Waals surface area contributed by atoms with Gasteiger partial charge in [-0.2, -0.15) is 0 Å². The van der Waals surface area contributed by atoms with E-state index in [1.807, 2.05) is 43.3 Å². The summed E-state index contributed by atoms with van der Waals surface area (Å²) >= 11 is 0. The second-order valence-corrected chi connectivity index (χ2v) is 7.39. The molecule has 1 aliphatic rings. The average Bonchev–Trinajstić information content (AvgIpc) is 3.11. The molecule has 0 aromatic heterocycles. The summed E-state index contributed by atoms with van der Waals surface area (Å²) in [7, 11) is 3.20. The summed E-state index contributed by atoms with van der Waals surface area (Å²) < 4.78 is 10.6. The molecule has 0 bridgehead atoms. The average molecular weight is 396 g/mol. The van der Waals surface area contributed by atoms with Gasteiger partial charge in [0.15, 0.2) is 11.5 Å². The Morgan fingerprint density at radius 2 is 1.90 bits per heavy atom. The van der Waals surface area contributed by atoms with Gasteiger partial charge in [0, 0.05) is 26.1 Å². The van der Waals surface area contributed by atoms with Gasteiger partial charge in [0.2, 0.25) is 11.8 Å². The van der Waals surface area contributed by atoms with Crippen molar-refractivity contribution in [1.29, 1.82) is 0 Å². The first-order valence-electron chi connectivity index (χ1n) is 9.82. The Morgan fingerprint density at radius 3 is 2.62 bits per heavy atom. The molecule has 1 heterocycles. The maximum absolute atomic E-state index is 12.5. The molecule has 6 nitrogen and oxygen atoms in total. The minimum Gasteiger partial charge on any atom is -0.493 e. The fraction of sp³-hybridized carbons (Fsp3) is 0.391. The third-order valence-corrected chi connectivity index (χ3v) is 5.25. The number of nitrogens with zero attached hydrogens (tertiary/aromatic N) is 1. The van der Waals surface area contributed by atoms with E-state index in [9.17, 15) is 9.59 Å². The maximum Gasteiger partial charge on any atom is 0.225 e. The number of rotatable bonds is 8. The molecule has 1 aliphatic heterocycles. The molecule has 6 heteroatoms. The van der Waals surface area contributed by atoms with E-state index in [0.29, 0.717) is 37.6 Å². The number of aryl methyl sites for hydroxylation is 1. The molecule has 0 radical (unpaired) electrons. The number of hydrogen-bond acceptors (Lipinski definition) is 4. The lowest BCUT2D eigenvalue weighted by Crippen LogP contribution is -2.33. The zero-order valence-electron chi connectivity index (χ0n) is 17.2. The van der Waals surface area contributed by atoms with Crippen molar-refractivity contribution < 1.29 is 19.1 Å². The molecule has 1 N–H and O–H groups in total. The number of carbonyl (C=O) groups excluding carboxylic acids is 2. The monoisotopic (exact) mass is 396 g/mol. The summed E-state index contributed by atoms with van der Waals surface area (Å²) in [6, 6.07) is 13.8. The Kier molecular flexibility index (Phi) is 6.75. The maximum atomic E-state index is 12.5. The van der Waals surface area contributed by atoms with Crippen LogP contribution in [0, 0.1) is 12.8 Å². The highest BCUT2D eigenvalue weighted by atomic mass is 16.5. The van der Waals surface area contributed by atoms with E-state index >= 15 is 0 Å². The van der Waals surface area contributed by atoms with Gasteiger partial charge >= 0.3 is 0 Å². The fourth-order valence-electron chi connectivity index (χ4n) is 3.62. The normalized spacial score (nSPS) is 16.0. The number of likely N-dealkylation sites (tertiary alicyclic amines) is 1. The summed E-state index contributed by atoms with van der Waals surface area (Å²) in [5.41, 5.74) is 3.28. The van der Waals surface area contributed by atoms with Crippen molar-refractivity contribution in [2.45, 2.75) is 26.3 Å². The summed E-state index contributed by atoms with van der Waals surface area (Å²) in [4.78, 5) is 26.6. The van der Waals surface area contributed by atoms with Crippen molar-refractivity contribution in [2.75, 3.05) is 27.3 Å². The van der Waals surface area contributed by atoms with Gasteiger partial charge in [-0.1, -0.05) is 35.9 Å². The van der Waals surface area contributed by atoms with Crippen molar-refractivity contribution in [3.63, 3.8) is 0 Å². The van der Waals surface area contributed by atoms with Crippen LogP contribution in [0.2, 0.25) is 0 Å². The number of hydrogen-bond donors (Lipinski definition) is 1. The Morgan fingerprint density at radius 1 is 1.10 bits per heavy atom. The first-order chi connectivity index (χ1) is 14.0. The predicted octanol–water partition coefficient (Wildman–Crippen LogP) is 2.72. The third-order valence-electron chi connectivity index (χ3n) is 5.25. The number of nitrogens with one attached hydrogen (secondary N) is 1. The molecule has 29 heavy (non-hydrogen) atoms. The van der Waals surface area contributed by atoms with E-state index < -0.39 is 0 Å². The van der Waals surface area contributed by atoms with Gasteiger partial charge in [-0.05, 0) is 36.6 Å². The zero-order valence-corrected chi connectivity index (χ0v) is 17.2. The van der Waals surface area contributed by atoms with Crippen molar-refractivity contribution in [2.24, 2.45) is 5.92 Å². The highest BCUT2D eigenvalue weighted by molar-refractivity contribution is 5.89. The molecule has 0 unspecified atom stereocenters. The van der Waals surface area contributed by atoms with Gasteiger partial charge in [-0.25, -0.2) is 0 Å². The number of benzene rings is 2. The molecule has 1 atom stereocenters. The van der Waals surface area contributed by atoms with Crippen molar-refractivity contribution >= 4 is 11.8 Å². The number of ether oxygens (including phenoxy) is 2. The third kappa shape index (κ3) is 5.28. The van der Waals surface area contributed by atoms with Crippen LogP contribution in [-0.2, 0) is 22.6 Å². The lowest BCUT2D eigenvalue weighted by molar-refractivity contribution is -0.129. The van der Waals surface area contributed by atoms with Gasteiger partial charge in [0.05, 0.1) is 20.1 Å². The van der Waals surface area contributed by atoms with Gasteiger partial charge in [0.1, 0.15) is 0 Å². The molecule has 3 rings (SSSR count). The Bertz CT molecular complexity index is 881. The molecular formula is C23H28N2O4. The van der Waals surface area contributed by atoms with E-state index in [-0.39, 0.29) is 24.2 Å². The van der Waals surface area contributed by atoms with E-state index in [0.717, 1.165) is 16.7 Å². The van der Waals surface area contributed by atoms with Crippen LogP contribution in [0.5, 0.6) is 11.5 Å². The Balaban J connectivity index is 1.51. The molecule has 0 spiro atoms. The molecule has 2 amide bonds. The topological polar surface area (TPSA) is 67.9 Å². The first-order valence-corrected chi connectivity index (χ1v) is 9.82. The quantitative estimate of drug-likeness (QED) is 0.745. The fourth-order valence-corrected chi connectivity index (χ4v) is 3.62. The second kappa shape index (κ2) is 9.45. The van der Waals surface area contributed by atoms with Crippen LogP contribution >= 0.6 is 0 Å². The van der Waals surface area contributed by atoms with E-state index in [4.69, 9.17) is 9.47 Å². The van der Waals surface area contributed by atoms with Gasteiger partial charge < -0.3 is 19.7 Å². The lowest BCUT2D eigenvalue weighted by Gasteiger charge is -2.17. The number of methoxy groups -OCH3 is 2. The molecule has 2 aromatic carbocycles. The van der Waals surface area contributed by atoms with E-state index in [2.05, 4.69) is 11.4 Å². The number of carbonyl (C=O) groups is 2. The van der Waals surface area contributed by atoms with Gasteiger partial charge in [-0.3, -0.25) is 9.59 Å². The van der Waals surface area contributed by atoms with Crippen LogP contribution in [0.15, 0.2) is 42.5 Å². The zero-order chi connectivity index (χ0) is 20.8. The Labute approximate surface area is 171 Å². The smallest absolute Gasteiger partial charge is 0.225 e. The van der Waals surface area contributed by atoms with Crippen LogP contribution in [-0.4, -0.2) is 44.0 Å². The van der Waals surface area contributed by atoms with E-state index in [1.165, 1.54) is 0 Å². The minimum atomic E-state index is -0.294. The van der Waals surface area contributed by atoms with Crippen LogP contribution in [0.25, 0.3) is 0 Å².